The zero-order chi connectivity index (χ0) is 13.1. The number of hydrogen-bond donors (Lipinski definition) is 1. The van der Waals surface area contributed by atoms with Crippen LogP contribution in [0.2, 0.25) is 0 Å². The number of nitrogens with one attached hydrogen (secondary N) is 1. The lowest BCUT2D eigenvalue weighted by atomic mass is 10.2. The van der Waals surface area contributed by atoms with E-state index in [4.69, 9.17) is 0 Å². The van der Waals surface area contributed by atoms with Gasteiger partial charge in [0.15, 0.2) is 11.6 Å². The van der Waals surface area contributed by atoms with Crippen molar-refractivity contribution in [1.82, 2.24) is 5.32 Å². The summed E-state index contributed by atoms with van der Waals surface area (Å²) in [4.78, 5) is 0. The van der Waals surface area contributed by atoms with E-state index in [1.54, 1.807) is 0 Å². The molecule has 0 aliphatic carbocycles. The molecule has 1 N–H and O–H groups in total. The molecule has 17 heavy (non-hydrogen) atoms. The second kappa shape index (κ2) is 5.39. The lowest BCUT2D eigenvalue weighted by molar-refractivity contribution is -0.125. The average molecular weight is 257 g/mol. The summed E-state index contributed by atoms with van der Waals surface area (Å²) in [6, 6.07) is 3.24. The summed E-state index contributed by atoms with van der Waals surface area (Å²) in [6.45, 7) is -1.76. The predicted octanol–water partition coefficient (Wildman–Crippen LogP) is 2.95. The molecule has 96 valence electrons. The Morgan fingerprint density at radius 1 is 1.18 bits per heavy atom. The van der Waals surface area contributed by atoms with Gasteiger partial charge in [0.25, 0.3) is 0 Å². The molecule has 0 atom stereocenters. The quantitative estimate of drug-likeness (QED) is 0.800. The van der Waals surface area contributed by atoms with Gasteiger partial charge >= 0.3 is 12.3 Å². The van der Waals surface area contributed by atoms with E-state index in [1.807, 2.05) is 5.32 Å². The van der Waals surface area contributed by atoms with Crippen LogP contribution in [-0.2, 0) is 6.54 Å². The van der Waals surface area contributed by atoms with Gasteiger partial charge in [0.05, 0.1) is 6.54 Å². The standard InChI is InChI=1S/C10H9F6N/c11-7-3-1-2-6(8(7)12)4-17-5-10(15,16)9(13)14/h1-3,9,17H,4-5H2. The zero-order valence-corrected chi connectivity index (χ0v) is 8.49. The van der Waals surface area contributed by atoms with Crippen molar-refractivity contribution in [3.05, 3.63) is 35.4 Å². The number of rotatable bonds is 5. The van der Waals surface area contributed by atoms with Gasteiger partial charge in [-0.25, -0.2) is 17.6 Å². The van der Waals surface area contributed by atoms with Gasteiger partial charge in [-0.3, -0.25) is 0 Å². The smallest absolute Gasteiger partial charge is 0.307 e. The fraction of sp³-hybridized carbons (Fsp3) is 0.400. The van der Waals surface area contributed by atoms with Crippen molar-refractivity contribution in [3.8, 4) is 0 Å². The van der Waals surface area contributed by atoms with E-state index in [2.05, 4.69) is 0 Å². The summed E-state index contributed by atoms with van der Waals surface area (Å²) in [5, 5.41) is 1.95. The number of halogens is 6. The fourth-order valence-electron chi connectivity index (χ4n) is 1.13. The van der Waals surface area contributed by atoms with Crippen molar-refractivity contribution in [2.24, 2.45) is 0 Å². The molecular formula is C10H9F6N. The molecule has 0 aliphatic heterocycles. The normalized spacial score (nSPS) is 12.2. The van der Waals surface area contributed by atoms with Crippen LogP contribution in [0.1, 0.15) is 5.56 Å². The summed E-state index contributed by atoms with van der Waals surface area (Å²) in [6.07, 6.45) is -3.80. The van der Waals surface area contributed by atoms with E-state index in [0.717, 1.165) is 6.07 Å². The van der Waals surface area contributed by atoms with Gasteiger partial charge in [0, 0.05) is 12.1 Å². The van der Waals surface area contributed by atoms with Crippen LogP contribution in [0, 0.1) is 11.6 Å². The minimum atomic E-state index is -4.19. The topological polar surface area (TPSA) is 12.0 Å². The Bertz CT molecular complexity index is 379. The van der Waals surface area contributed by atoms with Crippen LogP contribution in [0.3, 0.4) is 0 Å². The van der Waals surface area contributed by atoms with Gasteiger partial charge in [0.1, 0.15) is 0 Å². The van der Waals surface area contributed by atoms with Crippen LogP contribution in [0.15, 0.2) is 18.2 Å². The second-order valence-electron chi connectivity index (χ2n) is 3.38. The largest absolute Gasteiger partial charge is 0.319 e. The van der Waals surface area contributed by atoms with E-state index in [1.165, 1.54) is 12.1 Å². The van der Waals surface area contributed by atoms with Gasteiger partial charge in [-0.15, -0.1) is 0 Å². The molecule has 0 heterocycles. The fourth-order valence-corrected chi connectivity index (χ4v) is 1.13. The second-order valence-corrected chi connectivity index (χ2v) is 3.38. The van der Waals surface area contributed by atoms with Crippen LogP contribution in [-0.4, -0.2) is 18.9 Å². The van der Waals surface area contributed by atoms with Gasteiger partial charge in [-0.2, -0.15) is 8.78 Å². The summed E-state index contributed by atoms with van der Waals surface area (Å²) < 4.78 is 74.1. The highest BCUT2D eigenvalue weighted by Crippen LogP contribution is 2.21. The van der Waals surface area contributed by atoms with Crippen LogP contribution in [0.5, 0.6) is 0 Å². The first-order valence-electron chi connectivity index (χ1n) is 4.64. The summed E-state index contributed by atoms with van der Waals surface area (Å²) in [5.74, 6) is -6.49. The molecule has 1 rings (SSSR count). The van der Waals surface area contributed by atoms with E-state index in [0.29, 0.717) is 0 Å². The lowest BCUT2D eigenvalue weighted by Crippen LogP contribution is -2.38. The van der Waals surface area contributed by atoms with Crippen molar-refractivity contribution in [2.45, 2.75) is 18.9 Å². The van der Waals surface area contributed by atoms with Crippen molar-refractivity contribution in [1.29, 1.82) is 0 Å². The summed E-state index contributed by atoms with van der Waals surface area (Å²) in [7, 11) is 0. The number of alkyl halides is 4. The molecule has 0 spiro atoms. The van der Waals surface area contributed by atoms with Crippen LogP contribution >= 0.6 is 0 Å². The van der Waals surface area contributed by atoms with Crippen molar-refractivity contribution in [2.75, 3.05) is 6.54 Å². The van der Waals surface area contributed by atoms with Crippen LogP contribution in [0.4, 0.5) is 26.3 Å². The molecule has 1 aromatic rings. The molecule has 0 amide bonds. The Morgan fingerprint density at radius 2 is 1.82 bits per heavy atom. The maximum absolute atomic E-state index is 13.0. The average Bonchev–Trinajstić information content (AvgIpc) is 2.24. The molecule has 0 bridgehead atoms. The Labute approximate surface area is 93.4 Å². The van der Waals surface area contributed by atoms with Gasteiger partial charge < -0.3 is 5.32 Å². The third-order valence-corrected chi connectivity index (χ3v) is 2.03. The third-order valence-electron chi connectivity index (χ3n) is 2.03. The molecule has 1 aromatic carbocycles. The SMILES string of the molecule is Fc1cccc(CNCC(F)(F)C(F)F)c1F. The number of benzene rings is 1. The molecule has 0 aromatic heterocycles. The Hall–Kier alpha value is -1.24. The Morgan fingerprint density at radius 3 is 2.41 bits per heavy atom. The zero-order valence-electron chi connectivity index (χ0n) is 8.49. The molecular weight excluding hydrogens is 248 g/mol. The third kappa shape index (κ3) is 3.62. The van der Waals surface area contributed by atoms with E-state index in [9.17, 15) is 26.3 Å². The highest BCUT2D eigenvalue weighted by Gasteiger charge is 2.40. The minimum Gasteiger partial charge on any atom is -0.307 e. The maximum atomic E-state index is 13.0. The van der Waals surface area contributed by atoms with Crippen molar-refractivity contribution >= 4 is 0 Å². The Balaban J connectivity index is 2.55. The van der Waals surface area contributed by atoms with E-state index >= 15 is 0 Å². The molecule has 0 unspecified atom stereocenters. The molecule has 0 fully saturated rings. The summed E-state index contributed by atoms with van der Waals surface area (Å²) in [5.41, 5.74) is -0.199. The van der Waals surface area contributed by atoms with Crippen LogP contribution < -0.4 is 5.32 Å². The highest BCUT2D eigenvalue weighted by atomic mass is 19.3. The lowest BCUT2D eigenvalue weighted by Gasteiger charge is -2.15. The molecule has 1 nitrogen and oxygen atoms in total. The molecule has 0 saturated heterocycles. The Kier molecular flexibility index (Phi) is 4.39. The minimum absolute atomic E-state index is 0.199. The van der Waals surface area contributed by atoms with Gasteiger partial charge in [-0.1, -0.05) is 12.1 Å². The molecule has 0 saturated carbocycles. The van der Waals surface area contributed by atoms with Crippen LogP contribution in [0.25, 0.3) is 0 Å². The summed E-state index contributed by atoms with van der Waals surface area (Å²) >= 11 is 0. The first kappa shape index (κ1) is 13.8. The van der Waals surface area contributed by atoms with E-state index < -0.39 is 37.1 Å². The molecule has 0 aliphatic rings. The predicted molar refractivity (Wildman–Crippen MR) is 49.0 cm³/mol. The molecule has 0 radical (unpaired) electrons. The van der Waals surface area contributed by atoms with Gasteiger partial charge in [-0.05, 0) is 6.07 Å². The monoisotopic (exact) mass is 257 g/mol. The highest BCUT2D eigenvalue weighted by molar-refractivity contribution is 5.18. The maximum Gasteiger partial charge on any atom is 0.319 e. The first-order valence-corrected chi connectivity index (χ1v) is 4.64. The molecule has 7 heteroatoms. The number of hydrogen-bond acceptors (Lipinski definition) is 1. The van der Waals surface area contributed by atoms with Crippen molar-refractivity contribution in [3.63, 3.8) is 0 Å². The van der Waals surface area contributed by atoms with Gasteiger partial charge in [0.2, 0.25) is 0 Å². The van der Waals surface area contributed by atoms with E-state index in [-0.39, 0.29) is 5.56 Å². The first-order chi connectivity index (χ1) is 7.84. The van der Waals surface area contributed by atoms with Crippen molar-refractivity contribution < 1.29 is 26.3 Å².